The molecule has 2 unspecified atom stereocenters. The van der Waals surface area contributed by atoms with Crippen LogP contribution in [0.3, 0.4) is 0 Å². The standard InChI is InChI=1S/C12H23N.C12H17N/c2*1-10(2)13-9-5-7-11-6-3-4-8-12(11)13/h10-12H,3-9H2,1-2H3;3-4,6,8,10H,5,7,9H2,1-2H3. The quantitative estimate of drug-likeness (QED) is 0.651. The van der Waals surface area contributed by atoms with Gasteiger partial charge in [-0.1, -0.05) is 31.0 Å². The molecule has 0 aromatic heterocycles. The summed E-state index contributed by atoms with van der Waals surface area (Å²) < 4.78 is 0. The smallest absolute Gasteiger partial charge is 0.0401 e. The van der Waals surface area contributed by atoms with Crippen molar-refractivity contribution in [2.24, 2.45) is 5.92 Å². The van der Waals surface area contributed by atoms with Gasteiger partial charge in [0.15, 0.2) is 0 Å². The van der Waals surface area contributed by atoms with Gasteiger partial charge in [0.1, 0.15) is 0 Å². The first-order valence-electron chi connectivity index (χ1n) is 11.2. The highest BCUT2D eigenvalue weighted by molar-refractivity contribution is 5.55. The van der Waals surface area contributed by atoms with E-state index in [0.717, 1.165) is 18.0 Å². The lowest BCUT2D eigenvalue weighted by molar-refractivity contribution is 0.0371. The summed E-state index contributed by atoms with van der Waals surface area (Å²) in [6.45, 7) is 11.8. The minimum Gasteiger partial charge on any atom is -0.369 e. The summed E-state index contributed by atoms with van der Waals surface area (Å²) in [7, 11) is 0. The normalized spacial score (nSPS) is 26.2. The molecule has 1 saturated carbocycles. The molecule has 26 heavy (non-hydrogen) atoms. The minimum absolute atomic E-state index is 0.626. The largest absolute Gasteiger partial charge is 0.369 e. The Balaban J connectivity index is 0.000000151. The van der Waals surface area contributed by atoms with Gasteiger partial charge in [-0.05, 0) is 90.3 Å². The van der Waals surface area contributed by atoms with Gasteiger partial charge < -0.3 is 4.90 Å². The zero-order valence-corrected chi connectivity index (χ0v) is 17.6. The van der Waals surface area contributed by atoms with Crippen molar-refractivity contribution in [3.8, 4) is 0 Å². The molecule has 0 radical (unpaired) electrons. The van der Waals surface area contributed by atoms with E-state index < -0.39 is 0 Å². The predicted molar refractivity (Wildman–Crippen MR) is 114 cm³/mol. The van der Waals surface area contributed by atoms with Crippen LogP contribution in [-0.4, -0.2) is 36.1 Å². The molecule has 0 N–H and O–H groups in total. The van der Waals surface area contributed by atoms with Gasteiger partial charge >= 0.3 is 0 Å². The van der Waals surface area contributed by atoms with Crippen LogP contribution in [0.5, 0.6) is 0 Å². The molecule has 0 bridgehead atoms. The molecule has 2 nitrogen and oxygen atoms in total. The van der Waals surface area contributed by atoms with Crippen molar-refractivity contribution in [3.63, 3.8) is 0 Å². The zero-order valence-electron chi connectivity index (χ0n) is 17.6. The fraction of sp³-hybridized carbons (Fsp3) is 0.750. The topological polar surface area (TPSA) is 6.48 Å². The van der Waals surface area contributed by atoms with E-state index >= 15 is 0 Å². The van der Waals surface area contributed by atoms with E-state index in [0.29, 0.717) is 6.04 Å². The number of likely N-dealkylation sites (tertiary alicyclic amines) is 1. The van der Waals surface area contributed by atoms with Crippen molar-refractivity contribution in [1.29, 1.82) is 0 Å². The van der Waals surface area contributed by atoms with Crippen LogP contribution in [0.1, 0.15) is 78.2 Å². The first-order chi connectivity index (χ1) is 12.6. The first kappa shape index (κ1) is 19.7. The maximum absolute atomic E-state index is 2.76. The van der Waals surface area contributed by atoms with Gasteiger partial charge in [0.25, 0.3) is 0 Å². The van der Waals surface area contributed by atoms with Crippen LogP contribution < -0.4 is 4.90 Å². The summed E-state index contributed by atoms with van der Waals surface area (Å²) in [6, 6.07) is 11.1. The number of fused-ring (bicyclic) bond motifs is 2. The summed E-state index contributed by atoms with van der Waals surface area (Å²) >= 11 is 0. The Morgan fingerprint density at radius 2 is 1.54 bits per heavy atom. The maximum Gasteiger partial charge on any atom is 0.0401 e. The summed E-state index contributed by atoms with van der Waals surface area (Å²) in [5, 5.41) is 0. The van der Waals surface area contributed by atoms with E-state index in [9.17, 15) is 0 Å². The Hall–Kier alpha value is -1.02. The average Bonchev–Trinajstić information content (AvgIpc) is 2.67. The second kappa shape index (κ2) is 9.26. The number of anilines is 1. The number of para-hydroxylation sites is 1. The van der Waals surface area contributed by atoms with Gasteiger partial charge in [0.2, 0.25) is 0 Å². The number of hydrogen-bond donors (Lipinski definition) is 0. The van der Waals surface area contributed by atoms with Crippen molar-refractivity contribution in [1.82, 2.24) is 4.90 Å². The monoisotopic (exact) mass is 356 g/mol. The molecule has 1 aromatic carbocycles. The highest BCUT2D eigenvalue weighted by Gasteiger charge is 2.33. The van der Waals surface area contributed by atoms with Crippen LogP contribution in [0.2, 0.25) is 0 Å². The van der Waals surface area contributed by atoms with E-state index in [-0.39, 0.29) is 0 Å². The molecule has 2 heterocycles. The minimum atomic E-state index is 0.626. The third-order valence-corrected chi connectivity index (χ3v) is 6.72. The number of benzene rings is 1. The lowest BCUT2D eigenvalue weighted by Gasteiger charge is -2.46. The third kappa shape index (κ3) is 4.63. The lowest BCUT2D eigenvalue weighted by atomic mass is 9.78. The van der Waals surface area contributed by atoms with E-state index in [2.05, 4.69) is 61.8 Å². The van der Waals surface area contributed by atoms with Gasteiger partial charge in [0.05, 0.1) is 0 Å². The maximum atomic E-state index is 2.76. The zero-order chi connectivity index (χ0) is 18.5. The van der Waals surface area contributed by atoms with Crippen LogP contribution in [0, 0.1) is 5.92 Å². The second-order valence-corrected chi connectivity index (χ2v) is 9.11. The molecule has 2 heteroatoms. The van der Waals surface area contributed by atoms with Crippen molar-refractivity contribution in [2.75, 3.05) is 18.0 Å². The molecule has 1 aromatic rings. The van der Waals surface area contributed by atoms with Crippen LogP contribution in [0.15, 0.2) is 24.3 Å². The van der Waals surface area contributed by atoms with Gasteiger partial charge in [0, 0.05) is 30.4 Å². The molecular formula is C24H40N2. The number of hydrogen-bond acceptors (Lipinski definition) is 2. The molecular weight excluding hydrogens is 316 g/mol. The van der Waals surface area contributed by atoms with Crippen LogP contribution in [0.25, 0.3) is 0 Å². The Bertz CT molecular complexity index is 549. The molecule has 2 atom stereocenters. The number of piperidine rings is 1. The fourth-order valence-corrected chi connectivity index (χ4v) is 5.40. The molecule has 2 aliphatic heterocycles. The van der Waals surface area contributed by atoms with Gasteiger partial charge in [-0.15, -0.1) is 0 Å². The van der Waals surface area contributed by atoms with E-state index in [1.165, 1.54) is 75.7 Å². The van der Waals surface area contributed by atoms with Crippen molar-refractivity contribution in [2.45, 2.75) is 97.2 Å². The summed E-state index contributed by atoms with van der Waals surface area (Å²) in [5.74, 6) is 1.05. The van der Waals surface area contributed by atoms with Crippen molar-refractivity contribution >= 4 is 5.69 Å². The number of nitrogens with zero attached hydrogens (tertiary/aromatic N) is 2. The van der Waals surface area contributed by atoms with Gasteiger partial charge in [-0.2, -0.15) is 0 Å². The van der Waals surface area contributed by atoms with Gasteiger partial charge in [-0.25, -0.2) is 0 Å². The van der Waals surface area contributed by atoms with E-state index in [1.54, 1.807) is 0 Å². The number of aryl methyl sites for hydroxylation is 1. The Morgan fingerprint density at radius 1 is 0.808 bits per heavy atom. The average molecular weight is 357 g/mol. The summed E-state index contributed by atoms with van der Waals surface area (Å²) in [5.41, 5.74) is 2.96. The van der Waals surface area contributed by atoms with Crippen molar-refractivity contribution < 1.29 is 0 Å². The SMILES string of the molecule is CC(C)N1CCCC2CCCCC21.CC(C)N1CCCc2ccccc21. The molecule has 2 fully saturated rings. The molecule has 0 spiro atoms. The third-order valence-electron chi connectivity index (χ3n) is 6.72. The molecule has 3 aliphatic rings. The second-order valence-electron chi connectivity index (χ2n) is 9.11. The summed E-state index contributed by atoms with van der Waals surface area (Å²) in [4.78, 5) is 5.26. The van der Waals surface area contributed by atoms with Gasteiger partial charge in [-0.3, -0.25) is 4.90 Å². The van der Waals surface area contributed by atoms with Crippen LogP contribution >= 0.6 is 0 Å². The highest BCUT2D eigenvalue weighted by Crippen LogP contribution is 2.36. The molecule has 0 amide bonds. The van der Waals surface area contributed by atoms with Crippen molar-refractivity contribution in [3.05, 3.63) is 29.8 Å². The summed E-state index contributed by atoms with van der Waals surface area (Å²) in [6.07, 6.45) is 11.5. The molecule has 1 aliphatic carbocycles. The Labute approximate surface area is 162 Å². The molecule has 1 saturated heterocycles. The van der Waals surface area contributed by atoms with E-state index in [4.69, 9.17) is 0 Å². The highest BCUT2D eigenvalue weighted by atomic mass is 15.2. The van der Waals surface area contributed by atoms with Crippen LogP contribution in [-0.2, 0) is 6.42 Å². The first-order valence-corrected chi connectivity index (χ1v) is 11.2. The Morgan fingerprint density at radius 3 is 2.31 bits per heavy atom. The molecule has 4 rings (SSSR count). The predicted octanol–water partition coefficient (Wildman–Crippen LogP) is 5.90. The fourth-order valence-electron chi connectivity index (χ4n) is 5.40. The Kier molecular flexibility index (Phi) is 7.03. The lowest BCUT2D eigenvalue weighted by Crippen LogP contribution is -2.49. The number of rotatable bonds is 2. The molecule has 146 valence electrons. The van der Waals surface area contributed by atoms with Crippen LogP contribution in [0.4, 0.5) is 5.69 Å². The van der Waals surface area contributed by atoms with E-state index in [1.807, 2.05) is 0 Å².